The Morgan fingerprint density at radius 3 is 2.65 bits per heavy atom. The number of hydrogen-bond donors (Lipinski definition) is 2. The first-order valence-corrected chi connectivity index (χ1v) is 7.86. The van der Waals surface area contributed by atoms with Gasteiger partial charge < -0.3 is 5.11 Å². The molecule has 0 spiro atoms. The molecule has 110 valence electrons. The Morgan fingerprint density at radius 2 is 2.10 bits per heavy atom. The van der Waals surface area contributed by atoms with Crippen molar-refractivity contribution in [1.29, 1.82) is 0 Å². The summed E-state index contributed by atoms with van der Waals surface area (Å²) in [6.07, 6.45) is 1.13. The molecular formula is C12H13ClFNO4S. The van der Waals surface area contributed by atoms with Crippen molar-refractivity contribution in [3.8, 4) is 0 Å². The average molecular weight is 322 g/mol. The van der Waals surface area contributed by atoms with Crippen LogP contribution in [0, 0.1) is 11.7 Å². The van der Waals surface area contributed by atoms with Gasteiger partial charge in [-0.2, -0.15) is 0 Å². The molecule has 1 aromatic rings. The van der Waals surface area contributed by atoms with Crippen molar-refractivity contribution in [1.82, 2.24) is 4.72 Å². The molecule has 2 N–H and O–H groups in total. The number of halogens is 2. The minimum absolute atomic E-state index is 0.203. The van der Waals surface area contributed by atoms with Gasteiger partial charge in [-0.15, -0.1) is 0 Å². The predicted octanol–water partition coefficient (Wildman–Crippen LogP) is 2.01. The lowest BCUT2D eigenvalue weighted by atomic mass is 10.1. The number of nitrogens with one attached hydrogen (secondary N) is 1. The molecule has 0 saturated heterocycles. The molecule has 1 saturated carbocycles. The minimum Gasteiger partial charge on any atom is -0.481 e. The Labute approximate surface area is 120 Å². The van der Waals surface area contributed by atoms with Gasteiger partial charge in [0.15, 0.2) is 0 Å². The highest BCUT2D eigenvalue weighted by Gasteiger charge is 2.33. The summed E-state index contributed by atoms with van der Waals surface area (Å²) in [6, 6.07) is 2.58. The lowest BCUT2D eigenvalue weighted by Gasteiger charge is -2.13. The Bertz CT molecular complexity index is 634. The van der Waals surface area contributed by atoms with Crippen molar-refractivity contribution < 1.29 is 22.7 Å². The van der Waals surface area contributed by atoms with Crippen LogP contribution in [0.15, 0.2) is 23.1 Å². The first kappa shape index (κ1) is 15.2. The SMILES string of the molecule is O=C(O)C1CCC(NS(=O)(=O)c2ccc(F)cc2Cl)C1. The van der Waals surface area contributed by atoms with Gasteiger partial charge in [-0.25, -0.2) is 17.5 Å². The van der Waals surface area contributed by atoms with Gasteiger partial charge in [0.2, 0.25) is 10.0 Å². The molecule has 1 aromatic carbocycles. The molecule has 0 radical (unpaired) electrons. The molecule has 2 rings (SSSR count). The van der Waals surface area contributed by atoms with Crippen LogP contribution in [-0.4, -0.2) is 25.5 Å². The zero-order chi connectivity index (χ0) is 14.9. The van der Waals surface area contributed by atoms with E-state index >= 15 is 0 Å². The summed E-state index contributed by atoms with van der Waals surface area (Å²) in [6.45, 7) is 0. The number of carbonyl (C=O) groups is 1. The van der Waals surface area contributed by atoms with Crippen LogP contribution in [0.5, 0.6) is 0 Å². The van der Waals surface area contributed by atoms with Crippen LogP contribution < -0.4 is 4.72 Å². The monoisotopic (exact) mass is 321 g/mol. The molecule has 1 aliphatic carbocycles. The van der Waals surface area contributed by atoms with Crippen LogP contribution >= 0.6 is 11.6 Å². The highest BCUT2D eigenvalue weighted by atomic mass is 35.5. The zero-order valence-corrected chi connectivity index (χ0v) is 11.9. The lowest BCUT2D eigenvalue weighted by molar-refractivity contribution is -0.141. The number of benzene rings is 1. The van der Waals surface area contributed by atoms with E-state index in [0.717, 1.165) is 18.2 Å². The van der Waals surface area contributed by atoms with Crippen molar-refractivity contribution in [3.63, 3.8) is 0 Å². The Balaban J connectivity index is 2.14. The molecule has 20 heavy (non-hydrogen) atoms. The molecule has 8 heteroatoms. The molecule has 1 fully saturated rings. The van der Waals surface area contributed by atoms with E-state index in [9.17, 15) is 17.6 Å². The maximum atomic E-state index is 12.9. The topological polar surface area (TPSA) is 83.5 Å². The van der Waals surface area contributed by atoms with Crippen LogP contribution in [0.2, 0.25) is 5.02 Å². The molecular weight excluding hydrogens is 309 g/mol. The van der Waals surface area contributed by atoms with Crippen molar-refractivity contribution in [2.75, 3.05) is 0 Å². The van der Waals surface area contributed by atoms with E-state index in [-0.39, 0.29) is 16.3 Å². The number of hydrogen-bond acceptors (Lipinski definition) is 3. The number of carboxylic acid groups (broad SMARTS) is 1. The summed E-state index contributed by atoms with van der Waals surface area (Å²) >= 11 is 5.73. The number of carboxylic acids is 1. The maximum Gasteiger partial charge on any atom is 0.306 e. The predicted molar refractivity (Wildman–Crippen MR) is 70.5 cm³/mol. The van der Waals surface area contributed by atoms with Gasteiger partial charge in [0.25, 0.3) is 0 Å². The molecule has 0 bridgehead atoms. The number of aliphatic carboxylic acids is 1. The molecule has 0 heterocycles. The van der Waals surface area contributed by atoms with E-state index in [1.165, 1.54) is 0 Å². The largest absolute Gasteiger partial charge is 0.481 e. The van der Waals surface area contributed by atoms with E-state index in [1.807, 2.05) is 0 Å². The van der Waals surface area contributed by atoms with Crippen LogP contribution in [0.25, 0.3) is 0 Å². The highest BCUT2D eigenvalue weighted by molar-refractivity contribution is 7.89. The van der Waals surface area contributed by atoms with Crippen molar-refractivity contribution in [2.45, 2.75) is 30.2 Å². The van der Waals surface area contributed by atoms with E-state index in [2.05, 4.69) is 4.72 Å². The van der Waals surface area contributed by atoms with Crippen LogP contribution in [0.3, 0.4) is 0 Å². The summed E-state index contributed by atoms with van der Waals surface area (Å²) in [4.78, 5) is 10.6. The molecule has 2 atom stereocenters. The molecule has 1 aliphatic rings. The number of rotatable bonds is 4. The standard InChI is InChI=1S/C12H13ClFNO4S/c13-10-6-8(14)2-4-11(10)20(18,19)15-9-3-1-7(5-9)12(16)17/h2,4,6-7,9,15H,1,3,5H2,(H,16,17). The van der Waals surface area contributed by atoms with E-state index < -0.39 is 33.8 Å². The summed E-state index contributed by atoms with van der Waals surface area (Å²) in [5, 5.41) is 8.68. The normalized spacial score (nSPS) is 22.9. The van der Waals surface area contributed by atoms with Gasteiger partial charge in [0.05, 0.1) is 10.9 Å². The first-order chi connectivity index (χ1) is 9.29. The Kier molecular flexibility index (Phi) is 4.31. The smallest absolute Gasteiger partial charge is 0.306 e. The molecule has 0 aliphatic heterocycles. The molecule has 0 aromatic heterocycles. The van der Waals surface area contributed by atoms with Crippen LogP contribution in [0.1, 0.15) is 19.3 Å². The molecule has 2 unspecified atom stereocenters. The van der Waals surface area contributed by atoms with Gasteiger partial charge in [0, 0.05) is 6.04 Å². The van der Waals surface area contributed by atoms with Gasteiger partial charge in [-0.3, -0.25) is 4.79 Å². The minimum atomic E-state index is -3.88. The van der Waals surface area contributed by atoms with Gasteiger partial charge in [0.1, 0.15) is 10.7 Å². The summed E-state index contributed by atoms with van der Waals surface area (Å²) in [7, 11) is -3.88. The van der Waals surface area contributed by atoms with Crippen molar-refractivity contribution >= 4 is 27.6 Å². The first-order valence-electron chi connectivity index (χ1n) is 6.00. The van der Waals surface area contributed by atoms with Gasteiger partial charge in [-0.05, 0) is 37.5 Å². The third-order valence-electron chi connectivity index (χ3n) is 3.29. The quantitative estimate of drug-likeness (QED) is 0.888. The van der Waals surface area contributed by atoms with Gasteiger partial charge in [-0.1, -0.05) is 11.6 Å². The van der Waals surface area contributed by atoms with E-state index in [4.69, 9.17) is 16.7 Å². The van der Waals surface area contributed by atoms with E-state index in [0.29, 0.717) is 12.8 Å². The highest BCUT2D eigenvalue weighted by Crippen LogP contribution is 2.28. The second-order valence-electron chi connectivity index (χ2n) is 4.74. The molecule has 0 amide bonds. The maximum absolute atomic E-state index is 12.9. The second-order valence-corrected chi connectivity index (χ2v) is 6.83. The third-order valence-corrected chi connectivity index (χ3v) is 5.29. The van der Waals surface area contributed by atoms with Crippen molar-refractivity contribution in [3.05, 3.63) is 29.0 Å². The van der Waals surface area contributed by atoms with Crippen LogP contribution in [0.4, 0.5) is 4.39 Å². The Hall–Kier alpha value is -1.18. The summed E-state index contributed by atoms with van der Waals surface area (Å²) in [5.74, 6) is -2.08. The summed E-state index contributed by atoms with van der Waals surface area (Å²) in [5.41, 5.74) is 0. The average Bonchev–Trinajstić information content (AvgIpc) is 2.76. The fourth-order valence-corrected chi connectivity index (χ4v) is 4.10. The fraction of sp³-hybridized carbons (Fsp3) is 0.417. The molecule has 5 nitrogen and oxygen atoms in total. The summed E-state index contributed by atoms with van der Waals surface area (Å²) < 4.78 is 39.6. The number of sulfonamides is 1. The third kappa shape index (κ3) is 3.28. The lowest BCUT2D eigenvalue weighted by Crippen LogP contribution is -2.33. The second kappa shape index (κ2) is 5.67. The Morgan fingerprint density at radius 1 is 1.40 bits per heavy atom. The zero-order valence-electron chi connectivity index (χ0n) is 10.3. The fourth-order valence-electron chi connectivity index (χ4n) is 2.29. The van der Waals surface area contributed by atoms with Crippen LogP contribution in [-0.2, 0) is 14.8 Å². The van der Waals surface area contributed by atoms with E-state index in [1.54, 1.807) is 0 Å². The van der Waals surface area contributed by atoms with Crippen molar-refractivity contribution in [2.24, 2.45) is 5.92 Å². The van der Waals surface area contributed by atoms with Gasteiger partial charge >= 0.3 is 5.97 Å².